The molecule has 0 saturated carbocycles. The molecule has 3 heteroatoms. The van der Waals surface area contributed by atoms with Crippen LogP contribution in [0.1, 0.15) is 5.56 Å². The van der Waals surface area contributed by atoms with E-state index in [0.717, 1.165) is 18.7 Å². The Morgan fingerprint density at radius 3 is 2.56 bits per heavy atom. The summed E-state index contributed by atoms with van der Waals surface area (Å²) in [6.45, 7) is 2.86. The fourth-order valence-corrected chi connectivity index (χ4v) is 1.70. The van der Waals surface area contributed by atoms with Gasteiger partial charge in [-0.15, -0.1) is 0 Å². The maximum Gasteiger partial charge on any atom is 0.251 e. The summed E-state index contributed by atoms with van der Waals surface area (Å²) in [5.74, 6) is 0. The molecule has 1 aromatic carbocycles. The highest BCUT2D eigenvalue weighted by atomic mass is 16.5. The van der Waals surface area contributed by atoms with Crippen molar-refractivity contribution in [2.45, 2.75) is 0 Å². The quantitative estimate of drug-likeness (QED) is 0.716. The Labute approximate surface area is 95.3 Å². The van der Waals surface area contributed by atoms with E-state index in [0.29, 0.717) is 18.9 Å². The van der Waals surface area contributed by atoms with E-state index in [1.165, 1.54) is 0 Å². The first-order valence-corrected chi connectivity index (χ1v) is 5.38. The first-order valence-electron chi connectivity index (χ1n) is 5.38. The molecule has 0 amide bonds. The second-order valence-corrected chi connectivity index (χ2v) is 3.64. The zero-order chi connectivity index (χ0) is 11.2. The Kier molecular flexibility index (Phi) is 3.72. The highest BCUT2D eigenvalue weighted by Gasteiger charge is 2.13. The van der Waals surface area contributed by atoms with E-state index < -0.39 is 0 Å². The van der Waals surface area contributed by atoms with Crippen molar-refractivity contribution >= 4 is 12.4 Å². The van der Waals surface area contributed by atoms with Crippen LogP contribution < -0.4 is 0 Å². The molecule has 1 radical (unpaired) electrons. The van der Waals surface area contributed by atoms with Crippen LogP contribution in [-0.2, 0) is 9.53 Å². The smallest absolute Gasteiger partial charge is 0.251 e. The van der Waals surface area contributed by atoms with Gasteiger partial charge in [-0.1, -0.05) is 30.3 Å². The predicted octanol–water partition coefficient (Wildman–Crippen LogP) is 1.47. The lowest BCUT2D eigenvalue weighted by Crippen LogP contribution is -2.35. The molecule has 2 rings (SSSR count). The van der Waals surface area contributed by atoms with Crippen molar-refractivity contribution in [3.05, 3.63) is 41.6 Å². The third-order valence-electron chi connectivity index (χ3n) is 2.56. The van der Waals surface area contributed by atoms with Gasteiger partial charge in [-0.25, -0.2) is 0 Å². The van der Waals surface area contributed by atoms with E-state index >= 15 is 0 Å². The number of hydrogen-bond donors (Lipinski definition) is 0. The molecule has 3 nitrogen and oxygen atoms in total. The lowest BCUT2D eigenvalue weighted by atomic mass is 10.2. The minimum atomic E-state index is 0.606. The molecular formula is C13H14NO2. The molecule has 1 aliphatic heterocycles. The van der Waals surface area contributed by atoms with E-state index in [9.17, 15) is 4.79 Å². The highest BCUT2D eigenvalue weighted by Crippen LogP contribution is 2.10. The van der Waals surface area contributed by atoms with Crippen LogP contribution in [0.25, 0.3) is 6.08 Å². The molecule has 0 unspecified atom stereocenters. The van der Waals surface area contributed by atoms with Gasteiger partial charge < -0.3 is 9.64 Å². The second-order valence-electron chi connectivity index (χ2n) is 3.64. The van der Waals surface area contributed by atoms with Crippen LogP contribution in [0.5, 0.6) is 0 Å². The van der Waals surface area contributed by atoms with Crippen LogP contribution >= 0.6 is 0 Å². The van der Waals surface area contributed by atoms with Gasteiger partial charge in [0, 0.05) is 13.1 Å². The Hall–Kier alpha value is -1.61. The normalized spacial score (nSPS) is 17.2. The summed E-state index contributed by atoms with van der Waals surface area (Å²) in [6, 6.07) is 9.80. The van der Waals surface area contributed by atoms with Crippen molar-refractivity contribution in [1.29, 1.82) is 0 Å². The van der Waals surface area contributed by atoms with Gasteiger partial charge in [-0.3, -0.25) is 4.79 Å². The van der Waals surface area contributed by atoms with Crippen molar-refractivity contribution in [1.82, 2.24) is 4.90 Å². The molecule has 0 aromatic heterocycles. The van der Waals surface area contributed by atoms with Crippen molar-refractivity contribution in [2.24, 2.45) is 0 Å². The summed E-state index contributed by atoms with van der Waals surface area (Å²) in [4.78, 5) is 12.9. The van der Waals surface area contributed by atoms with Crippen molar-refractivity contribution in [3.8, 4) is 0 Å². The van der Waals surface area contributed by atoms with Crippen LogP contribution in [-0.4, -0.2) is 37.5 Å². The van der Waals surface area contributed by atoms with Crippen LogP contribution in [0, 0.1) is 0 Å². The summed E-state index contributed by atoms with van der Waals surface area (Å²) in [5.41, 5.74) is 1.63. The average molecular weight is 216 g/mol. The number of nitrogens with zero attached hydrogens (tertiary/aromatic N) is 1. The van der Waals surface area contributed by atoms with Gasteiger partial charge in [0.2, 0.25) is 0 Å². The molecule has 0 N–H and O–H groups in total. The molecule has 0 spiro atoms. The average Bonchev–Trinajstić information content (AvgIpc) is 2.38. The van der Waals surface area contributed by atoms with Gasteiger partial charge in [0.25, 0.3) is 6.29 Å². The Balaban J connectivity index is 2.15. The lowest BCUT2D eigenvalue weighted by Gasteiger charge is -2.28. The molecule has 83 valence electrons. The zero-order valence-electron chi connectivity index (χ0n) is 9.06. The topological polar surface area (TPSA) is 29.5 Å². The van der Waals surface area contributed by atoms with Crippen LogP contribution in [0.2, 0.25) is 0 Å². The van der Waals surface area contributed by atoms with Crippen molar-refractivity contribution < 1.29 is 9.53 Å². The molecule has 1 fully saturated rings. The van der Waals surface area contributed by atoms with Gasteiger partial charge in [-0.05, 0) is 11.6 Å². The third kappa shape index (κ3) is 2.70. The molecule has 0 bridgehead atoms. The number of ether oxygens (including phenoxy) is 1. The number of allylic oxidation sites excluding steroid dienone is 1. The zero-order valence-corrected chi connectivity index (χ0v) is 9.06. The van der Waals surface area contributed by atoms with E-state index in [-0.39, 0.29) is 0 Å². The summed E-state index contributed by atoms with van der Waals surface area (Å²) in [6.07, 6.45) is 3.86. The summed E-state index contributed by atoms with van der Waals surface area (Å²) >= 11 is 0. The molecule has 1 aromatic rings. The monoisotopic (exact) mass is 216 g/mol. The maximum absolute atomic E-state index is 10.9. The fourth-order valence-electron chi connectivity index (χ4n) is 1.70. The summed E-state index contributed by atoms with van der Waals surface area (Å²) < 4.78 is 5.25. The highest BCUT2D eigenvalue weighted by molar-refractivity contribution is 5.81. The maximum atomic E-state index is 10.9. The van der Waals surface area contributed by atoms with Crippen LogP contribution in [0.3, 0.4) is 0 Å². The predicted molar refractivity (Wildman–Crippen MR) is 62.5 cm³/mol. The minimum Gasteiger partial charge on any atom is -0.378 e. The van der Waals surface area contributed by atoms with Gasteiger partial charge >= 0.3 is 0 Å². The number of rotatable bonds is 3. The van der Waals surface area contributed by atoms with E-state index in [4.69, 9.17) is 4.74 Å². The lowest BCUT2D eigenvalue weighted by molar-refractivity contribution is 0.0567. The molecular weight excluding hydrogens is 202 g/mol. The third-order valence-corrected chi connectivity index (χ3v) is 2.56. The molecule has 16 heavy (non-hydrogen) atoms. The van der Waals surface area contributed by atoms with Gasteiger partial charge in [0.1, 0.15) is 0 Å². The molecule has 1 heterocycles. The Morgan fingerprint density at radius 2 is 1.94 bits per heavy atom. The number of morpholine rings is 1. The largest absolute Gasteiger partial charge is 0.378 e. The second kappa shape index (κ2) is 5.47. The minimum absolute atomic E-state index is 0.606. The van der Waals surface area contributed by atoms with E-state index in [1.54, 1.807) is 0 Å². The molecule has 0 atom stereocenters. The summed E-state index contributed by atoms with van der Waals surface area (Å²) in [7, 11) is 0. The Bertz CT molecular complexity index is 367. The van der Waals surface area contributed by atoms with Gasteiger partial charge in [0.05, 0.1) is 18.9 Å². The van der Waals surface area contributed by atoms with Crippen LogP contribution in [0.4, 0.5) is 0 Å². The first-order chi connectivity index (χ1) is 7.90. The number of hydrogen-bond acceptors (Lipinski definition) is 3. The van der Waals surface area contributed by atoms with Crippen molar-refractivity contribution in [3.63, 3.8) is 0 Å². The van der Waals surface area contributed by atoms with Gasteiger partial charge in [-0.2, -0.15) is 0 Å². The molecule has 1 aliphatic rings. The SMILES string of the molecule is O=[C]C(=Cc1ccccc1)N1CCOCC1. The van der Waals surface area contributed by atoms with E-state index in [1.807, 2.05) is 47.6 Å². The Morgan fingerprint density at radius 1 is 1.25 bits per heavy atom. The van der Waals surface area contributed by atoms with Gasteiger partial charge in [0.15, 0.2) is 0 Å². The molecule has 1 saturated heterocycles. The number of carbonyl (C=O) groups excluding carboxylic acids is 1. The van der Waals surface area contributed by atoms with Crippen LogP contribution in [0.15, 0.2) is 36.0 Å². The van der Waals surface area contributed by atoms with E-state index in [2.05, 4.69) is 0 Å². The first kappa shape index (κ1) is 10.9. The standard InChI is InChI=1S/C13H14NO2/c15-11-13(14-6-8-16-9-7-14)10-12-4-2-1-3-5-12/h1-5,10H,6-9H2. The summed E-state index contributed by atoms with van der Waals surface area (Å²) in [5, 5.41) is 0. The fraction of sp³-hybridized carbons (Fsp3) is 0.308. The molecule has 0 aliphatic carbocycles. The number of benzene rings is 1. The van der Waals surface area contributed by atoms with Crippen molar-refractivity contribution in [2.75, 3.05) is 26.3 Å².